The first-order chi connectivity index (χ1) is 4.29. The van der Waals surface area contributed by atoms with Crippen molar-refractivity contribution in [2.24, 2.45) is 23.7 Å². The second kappa shape index (κ2) is 1.74. The van der Waals surface area contributed by atoms with Crippen molar-refractivity contribution >= 4 is 0 Å². The standard InChI is InChI=1S/C9H16/c1-6-7(2)9-4-3-8(6)5-9/h6-9H,3-5H2,1-2H3/t6-,7?,8?,9-/m1/s1. The highest BCUT2D eigenvalue weighted by Gasteiger charge is 2.42. The molecule has 0 saturated heterocycles. The minimum absolute atomic E-state index is 1.05. The summed E-state index contributed by atoms with van der Waals surface area (Å²) in [5.41, 5.74) is 0. The topological polar surface area (TPSA) is 0 Å². The zero-order valence-corrected chi connectivity index (χ0v) is 6.43. The van der Waals surface area contributed by atoms with Crippen molar-refractivity contribution in [3.63, 3.8) is 0 Å². The Bertz CT molecular complexity index is 99.2. The first-order valence-electron chi connectivity index (χ1n) is 4.29. The quantitative estimate of drug-likeness (QED) is 0.465. The molecule has 4 atom stereocenters. The smallest absolute Gasteiger partial charge is 0.0383 e. The highest BCUT2D eigenvalue weighted by molar-refractivity contribution is 4.92. The van der Waals surface area contributed by atoms with E-state index >= 15 is 0 Å². The molecule has 2 unspecified atom stereocenters. The highest BCUT2D eigenvalue weighted by atomic mass is 14.5. The molecule has 0 aromatic rings. The molecule has 2 aliphatic rings. The van der Waals surface area contributed by atoms with Crippen molar-refractivity contribution in [2.75, 3.05) is 0 Å². The average molecular weight is 124 g/mol. The Morgan fingerprint density at radius 1 is 0.889 bits per heavy atom. The predicted molar refractivity (Wildman–Crippen MR) is 39.2 cm³/mol. The van der Waals surface area contributed by atoms with Gasteiger partial charge in [0.1, 0.15) is 0 Å². The summed E-state index contributed by atoms with van der Waals surface area (Å²) in [6.07, 6.45) is 4.63. The van der Waals surface area contributed by atoms with Gasteiger partial charge in [-0.25, -0.2) is 0 Å². The van der Waals surface area contributed by atoms with Gasteiger partial charge in [0.25, 0.3) is 0 Å². The van der Waals surface area contributed by atoms with Gasteiger partial charge in [-0.3, -0.25) is 0 Å². The minimum Gasteiger partial charge on any atom is -0.0620 e. The molecule has 0 amide bonds. The average Bonchev–Trinajstić information content (AvgIpc) is 2.37. The first kappa shape index (κ1) is 5.76. The Labute approximate surface area is 57.6 Å². The monoisotopic (exact) mass is 124 g/mol. The summed E-state index contributed by atoms with van der Waals surface area (Å²) in [5.74, 6) is 4.32. The van der Waals surface area contributed by atoms with Crippen LogP contribution in [-0.2, 0) is 0 Å². The molecule has 2 rings (SSSR count). The van der Waals surface area contributed by atoms with E-state index in [-0.39, 0.29) is 0 Å². The second-order valence-electron chi connectivity index (χ2n) is 4.05. The molecule has 52 valence electrons. The van der Waals surface area contributed by atoms with E-state index in [1.54, 1.807) is 6.42 Å². The van der Waals surface area contributed by atoms with E-state index in [1.807, 2.05) is 0 Å². The maximum Gasteiger partial charge on any atom is -0.0383 e. The minimum atomic E-state index is 1.05. The lowest BCUT2D eigenvalue weighted by Crippen LogP contribution is -2.15. The maximum absolute atomic E-state index is 2.44. The summed E-state index contributed by atoms with van der Waals surface area (Å²) < 4.78 is 0. The van der Waals surface area contributed by atoms with Gasteiger partial charge in [-0.15, -0.1) is 0 Å². The Morgan fingerprint density at radius 2 is 1.33 bits per heavy atom. The van der Waals surface area contributed by atoms with E-state index in [0.717, 1.165) is 23.7 Å². The van der Waals surface area contributed by atoms with Gasteiger partial charge < -0.3 is 0 Å². The lowest BCUT2D eigenvalue weighted by atomic mass is 9.82. The number of hydrogen-bond donors (Lipinski definition) is 0. The maximum atomic E-state index is 2.44. The third kappa shape index (κ3) is 0.653. The number of fused-ring (bicyclic) bond motifs is 2. The number of rotatable bonds is 0. The van der Waals surface area contributed by atoms with Gasteiger partial charge in [0.05, 0.1) is 0 Å². The Balaban J connectivity index is 2.15. The van der Waals surface area contributed by atoms with Crippen LogP contribution in [0.15, 0.2) is 0 Å². The zero-order chi connectivity index (χ0) is 6.43. The van der Waals surface area contributed by atoms with Crippen LogP contribution < -0.4 is 0 Å². The van der Waals surface area contributed by atoms with E-state index in [2.05, 4.69) is 13.8 Å². The summed E-state index contributed by atoms with van der Waals surface area (Å²) in [6, 6.07) is 0. The highest BCUT2D eigenvalue weighted by Crippen LogP contribution is 2.51. The van der Waals surface area contributed by atoms with Crippen LogP contribution in [0, 0.1) is 23.7 Å². The van der Waals surface area contributed by atoms with E-state index in [1.165, 1.54) is 12.8 Å². The van der Waals surface area contributed by atoms with E-state index in [0.29, 0.717) is 0 Å². The first-order valence-corrected chi connectivity index (χ1v) is 4.29. The third-order valence-electron chi connectivity index (χ3n) is 3.83. The SMILES string of the molecule is CC1[C@@H]2CCC(C2)[C@@H]1C. The fourth-order valence-corrected chi connectivity index (χ4v) is 2.87. The lowest BCUT2D eigenvalue weighted by Gasteiger charge is -2.24. The van der Waals surface area contributed by atoms with E-state index in [9.17, 15) is 0 Å². The van der Waals surface area contributed by atoms with Gasteiger partial charge in [-0.1, -0.05) is 13.8 Å². The summed E-state index contributed by atoms with van der Waals surface area (Å²) in [6.45, 7) is 4.88. The molecule has 0 nitrogen and oxygen atoms in total. The van der Waals surface area contributed by atoms with Crippen molar-refractivity contribution in [3.05, 3.63) is 0 Å². The van der Waals surface area contributed by atoms with Crippen LogP contribution in [0.3, 0.4) is 0 Å². The van der Waals surface area contributed by atoms with Crippen molar-refractivity contribution in [2.45, 2.75) is 33.1 Å². The molecule has 2 aliphatic carbocycles. The molecular formula is C9H16. The van der Waals surface area contributed by atoms with Gasteiger partial charge in [-0.2, -0.15) is 0 Å². The van der Waals surface area contributed by atoms with Crippen molar-refractivity contribution in [3.8, 4) is 0 Å². The van der Waals surface area contributed by atoms with Crippen molar-refractivity contribution in [1.29, 1.82) is 0 Å². The molecule has 2 bridgehead atoms. The fourth-order valence-electron chi connectivity index (χ4n) is 2.87. The van der Waals surface area contributed by atoms with Crippen LogP contribution in [0.2, 0.25) is 0 Å². The molecule has 9 heavy (non-hydrogen) atoms. The van der Waals surface area contributed by atoms with Crippen LogP contribution in [0.1, 0.15) is 33.1 Å². The summed E-state index contributed by atoms with van der Waals surface area (Å²) in [5, 5.41) is 0. The molecule has 0 aromatic heterocycles. The van der Waals surface area contributed by atoms with Gasteiger partial charge in [0.15, 0.2) is 0 Å². The van der Waals surface area contributed by atoms with E-state index in [4.69, 9.17) is 0 Å². The lowest BCUT2D eigenvalue weighted by molar-refractivity contribution is 0.259. The Hall–Kier alpha value is 0. The molecule has 0 spiro atoms. The molecule has 0 aliphatic heterocycles. The zero-order valence-electron chi connectivity index (χ0n) is 6.43. The normalized spacial score (nSPS) is 56.7. The largest absolute Gasteiger partial charge is 0.0620 e. The molecule has 2 saturated carbocycles. The molecule has 0 radical (unpaired) electrons. The second-order valence-corrected chi connectivity index (χ2v) is 4.05. The van der Waals surface area contributed by atoms with Crippen LogP contribution in [-0.4, -0.2) is 0 Å². The summed E-state index contributed by atoms with van der Waals surface area (Å²) in [4.78, 5) is 0. The Morgan fingerprint density at radius 3 is 1.56 bits per heavy atom. The van der Waals surface area contributed by atoms with Crippen molar-refractivity contribution in [1.82, 2.24) is 0 Å². The summed E-state index contributed by atoms with van der Waals surface area (Å²) >= 11 is 0. The van der Waals surface area contributed by atoms with E-state index < -0.39 is 0 Å². The predicted octanol–water partition coefficient (Wildman–Crippen LogP) is 2.69. The number of hydrogen-bond acceptors (Lipinski definition) is 0. The van der Waals surface area contributed by atoms with Gasteiger partial charge >= 0.3 is 0 Å². The molecular weight excluding hydrogens is 108 g/mol. The molecule has 0 N–H and O–H groups in total. The van der Waals surface area contributed by atoms with Crippen LogP contribution in [0.5, 0.6) is 0 Å². The van der Waals surface area contributed by atoms with Crippen molar-refractivity contribution < 1.29 is 0 Å². The fraction of sp³-hybridized carbons (Fsp3) is 1.00. The summed E-state index contributed by atoms with van der Waals surface area (Å²) in [7, 11) is 0. The van der Waals surface area contributed by atoms with Crippen LogP contribution >= 0.6 is 0 Å². The molecule has 0 heteroatoms. The van der Waals surface area contributed by atoms with Gasteiger partial charge in [0, 0.05) is 0 Å². The Kier molecular flexibility index (Phi) is 1.12. The van der Waals surface area contributed by atoms with Gasteiger partial charge in [-0.05, 0) is 42.9 Å². The molecule has 0 heterocycles. The molecule has 0 aromatic carbocycles. The van der Waals surface area contributed by atoms with Gasteiger partial charge in [0.2, 0.25) is 0 Å². The molecule has 2 fully saturated rings. The van der Waals surface area contributed by atoms with Crippen LogP contribution in [0.4, 0.5) is 0 Å². The van der Waals surface area contributed by atoms with Crippen LogP contribution in [0.25, 0.3) is 0 Å². The third-order valence-corrected chi connectivity index (χ3v) is 3.83.